The van der Waals surface area contributed by atoms with Gasteiger partial charge in [-0.3, -0.25) is 14.4 Å². The third-order valence-electron chi connectivity index (χ3n) is 9.08. The molecule has 3 fully saturated rings. The maximum atomic E-state index is 17.1. The van der Waals surface area contributed by atoms with Gasteiger partial charge in [-0.1, -0.05) is 19.9 Å². The summed E-state index contributed by atoms with van der Waals surface area (Å²) in [5.74, 6) is -3.24. The van der Waals surface area contributed by atoms with E-state index < -0.39 is 70.4 Å². The van der Waals surface area contributed by atoms with Gasteiger partial charge in [-0.2, -0.15) is 0 Å². The van der Waals surface area contributed by atoms with Crippen LogP contribution in [-0.2, 0) is 19.1 Å². The summed E-state index contributed by atoms with van der Waals surface area (Å²) in [6, 6.07) is 0. The molecule has 0 heterocycles. The molecule has 8 heteroatoms. The molecule has 4 rings (SSSR count). The molecule has 0 aliphatic heterocycles. The van der Waals surface area contributed by atoms with Gasteiger partial charge in [0.15, 0.2) is 17.1 Å². The van der Waals surface area contributed by atoms with Crippen LogP contribution in [0.1, 0.15) is 59.3 Å². The standard InChI is InChI=1S/C25H32F2O6/c1-4-5-21(32)33-24(20(31)13-28)9-7-15-16-11-18(26)17-10-14(29)6-8-22(17,2)25(16,27)19(30)12-23(15,24)3/h6,8,10,15-16,18-19,28,30H,4-5,7,9,11-13H2,1-3H3/t15-,16-,18+,19+,22+,23+,24+,25+/m1/s1. The molecule has 33 heavy (non-hydrogen) atoms. The van der Waals surface area contributed by atoms with Gasteiger partial charge in [-0.15, -0.1) is 0 Å². The Labute approximate surface area is 192 Å². The molecule has 0 bridgehead atoms. The van der Waals surface area contributed by atoms with Gasteiger partial charge in [-0.25, -0.2) is 8.78 Å². The minimum absolute atomic E-state index is 0.0291. The first-order valence-corrected chi connectivity index (χ1v) is 11.7. The Bertz CT molecular complexity index is 945. The number of fused-ring (bicyclic) bond motifs is 5. The van der Waals surface area contributed by atoms with Gasteiger partial charge < -0.3 is 14.9 Å². The zero-order valence-corrected chi connectivity index (χ0v) is 19.3. The van der Waals surface area contributed by atoms with Gasteiger partial charge in [0.1, 0.15) is 12.8 Å². The highest BCUT2D eigenvalue weighted by molar-refractivity contribution is 6.01. The molecule has 4 aliphatic carbocycles. The van der Waals surface area contributed by atoms with Crippen LogP contribution in [0.3, 0.4) is 0 Å². The van der Waals surface area contributed by atoms with Crippen molar-refractivity contribution in [2.45, 2.75) is 82.8 Å². The average molecular weight is 467 g/mol. The number of carbonyl (C=O) groups excluding carboxylic acids is 3. The van der Waals surface area contributed by atoms with Gasteiger partial charge in [0.2, 0.25) is 5.78 Å². The summed E-state index contributed by atoms with van der Waals surface area (Å²) in [6.45, 7) is 4.13. The lowest BCUT2D eigenvalue weighted by atomic mass is 9.44. The Morgan fingerprint density at radius 1 is 1.27 bits per heavy atom. The fourth-order valence-corrected chi connectivity index (χ4v) is 7.45. The second-order valence-electron chi connectivity index (χ2n) is 10.5. The molecule has 4 aliphatic rings. The smallest absolute Gasteiger partial charge is 0.306 e. The number of halogens is 2. The number of Topliss-reactive ketones (excluding diaryl/α,β-unsaturated/α-hetero) is 1. The lowest BCUT2D eigenvalue weighted by Crippen LogP contribution is -2.70. The Morgan fingerprint density at radius 3 is 2.61 bits per heavy atom. The number of ketones is 2. The van der Waals surface area contributed by atoms with E-state index in [1.807, 2.05) is 0 Å². The molecule has 182 valence electrons. The monoisotopic (exact) mass is 466 g/mol. The summed E-state index contributed by atoms with van der Waals surface area (Å²) in [5, 5.41) is 21.0. The Balaban J connectivity index is 1.82. The van der Waals surface area contributed by atoms with E-state index in [-0.39, 0.29) is 37.7 Å². The lowest BCUT2D eigenvalue weighted by Gasteiger charge is -2.63. The number of alkyl halides is 2. The average Bonchev–Trinajstić information content (AvgIpc) is 3.04. The van der Waals surface area contributed by atoms with Crippen LogP contribution in [0.25, 0.3) is 0 Å². The van der Waals surface area contributed by atoms with E-state index in [0.717, 1.165) is 6.08 Å². The zero-order valence-electron chi connectivity index (χ0n) is 19.3. The fourth-order valence-electron chi connectivity index (χ4n) is 7.45. The molecular formula is C25H32F2O6. The molecule has 0 aromatic carbocycles. The van der Waals surface area contributed by atoms with Crippen molar-refractivity contribution < 1.29 is 38.1 Å². The number of carbonyl (C=O) groups is 3. The molecule has 0 aromatic heterocycles. The fraction of sp³-hybridized carbons (Fsp3) is 0.720. The molecular weight excluding hydrogens is 434 g/mol. The number of rotatable bonds is 5. The van der Waals surface area contributed by atoms with Crippen molar-refractivity contribution in [1.82, 2.24) is 0 Å². The van der Waals surface area contributed by atoms with Crippen LogP contribution < -0.4 is 0 Å². The van der Waals surface area contributed by atoms with Crippen molar-refractivity contribution >= 4 is 17.5 Å². The quantitative estimate of drug-likeness (QED) is 0.605. The Kier molecular flexibility index (Phi) is 5.72. The number of aliphatic hydroxyl groups is 2. The summed E-state index contributed by atoms with van der Waals surface area (Å²) in [4.78, 5) is 37.4. The molecule has 3 saturated carbocycles. The minimum atomic E-state index is -2.27. The van der Waals surface area contributed by atoms with Gasteiger partial charge in [0.05, 0.1) is 6.10 Å². The van der Waals surface area contributed by atoms with Crippen LogP contribution >= 0.6 is 0 Å². The van der Waals surface area contributed by atoms with Gasteiger partial charge in [-0.05, 0) is 62.7 Å². The molecule has 2 N–H and O–H groups in total. The number of allylic oxidation sites excluding steroid dienone is 4. The highest BCUT2D eigenvalue weighted by Crippen LogP contribution is 2.70. The second-order valence-corrected chi connectivity index (χ2v) is 10.5. The number of hydrogen-bond donors (Lipinski definition) is 2. The Hall–Kier alpha value is -1.93. The van der Waals surface area contributed by atoms with Gasteiger partial charge >= 0.3 is 5.97 Å². The molecule has 0 radical (unpaired) electrons. The normalized spacial score (nSPS) is 46.2. The molecule has 0 saturated heterocycles. The summed E-state index contributed by atoms with van der Waals surface area (Å²) >= 11 is 0. The van der Waals surface area contributed by atoms with Crippen molar-refractivity contribution in [3.8, 4) is 0 Å². The number of esters is 1. The van der Waals surface area contributed by atoms with Crippen molar-refractivity contribution in [2.24, 2.45) is 22.7 Å². The maximum Gasteiger partial charge on any atom is 0.306 e. The van der Waals surface area contributed by atoms with E-state index in [0.29, 0.717) is 6.42 Å². The minimum Gasteiger partial charge on any atom is -0.450 e. The maximum absolute atomic E-state index is 17.1. The van der Waals surface area contributed by atoms with Crippen LogP contribution in [0.5, 0.6) is 0 Å². The van der Waals surface area contributed by atoms with E-state index in [1.165, 1.54) is 19.1 Å². The summed E-state index contributed by atoms with van der Waals surface area (Å²) < 4.78 is 38.3. The summed E-state index contributed by atoms with van der Waals surface area (Å²) in [7, 11) is 0. The molecule has 0 aromatic rings. The summed E-state index contributed by atoms with van der Waals surface area (Å²) in [6.07, 6.45) is 1.01. The van der Waals surface area contributed by atoms with Crippen LogP contribution in [0, 0.1) is 22.7 Å². The molecule has 6 nitrogen and oxygen atoms in total. The first-order chi connectivity index (χ1) is 15.4. The van der Waals surface area contributed by atoms with Gasteiger partial charge in [0.25, 0.3) is 0 Å². The topological polar surface area (TPSA) is 101 Å². The molecule has 0 unspecified atom stereocenters. The zero-order chi connectivity index (χ0) is 24.4. The first kappa shape index (κ1) is 24.2. The number of hydrogen-bond acceptors (Lipinski definition) is 6. The molecule has 8 atom stereocenters. The van der Waals surface area contributed by atoms with E-state index in [2.05, 4.69) is 0 Å². The van der Waals surface area contributed by atoms with Crippen LogP contribution in [0.2, 0.25) is 0 Å². The first-order valence-electron chi connectivity index (χ1n) is 11.7. The van der Waals surface area contributed by atoms with E-state index in [4.69, 9.17) is 4.74 Å². The molecule has 0 spiro atoms. The van der Waals surface area contributed by atoms with E-state index >= 15 is 8.78 Å². The van der Waals surface area contributed by atoms with E-state index in [9.17, 15) is 24.6 Å². The SMILES string of the molecule is CCCC(=O)O[C@]1(C(=O)CO)CC[C@@H]2[C@H]3C[C@H](F)C4=CC(=O)C=C[C@]4(C)[C@@]3(F)[C@@H](O)C[C@@]21C. The van der Waals surface area contributed by atoms with Crippen molar-refractivity contribution in [2.75, 3.05) is 6.61 Å². The third-order valence-corrected chi connectivity index (χ3v) is 9.08. The van der Waals surface area contributed by atoms with Crippen LogP contribution in [0.15, 0.2) is 23.8 Å². The predicted octanol–water partition coefficient (Wildman–Crippen LogP) is 2.95. The van der Waals surface area contributed by atoms with Crippen molar-refractivity contribution in [3.05, 3.63) is 23.8 Å². The number of ether oxygens (including phenoxy) is 1. The predicted molar refractivity (Wildman–Crippen MR) is 114 cm³/mol. The summed E-state index contributed by atoms with van der Waals surface area (Å²) in [5.41, 5.74) is -6.64. The lowest BCUT2D eigenvalue weighted by molar-refractivity contribution is -0.229. The second kappa shape index (κ2) is 7.80. The van der Waals surface area contributed by atoms with Crippen LogP contribution in [0.4, 0.5) is 8.78 Å². The number of aliphatic hydroxyl groups excluding tert-OH is 2. The van der Waals surface area contributed by atoms with Crippen molar-refractivity contribution in [3.63, 3.8) is 0 Å². The van der Waals surface area contributed by atoms with Crippen molar-refractivity contribution in [1.29, 1.82) is 0 Å². The molecule has 0 amide bonds. The Morgan fingerprint density at radius 2 is 1.97 bits per heavy atom. The largest absolute Gasteiger partial charge is 0.450 e. The highest BCUT2D eigenvalue weighted by Gasteiger charge is 2.76. The van der Waals surface area contributed by atoms with Crippen LogP contribution in [-0.4, -0.2) is 57.9 Å². The third kappa shape index (κ3) is 2.99. The van der Waals surface area contributed by atoms with Gasteiger partial charge in [0, 0.05) is 23.2 Å². The van der Waals surface area contributed by atoms with E-state index in [1.54, 1.807) is 13.8 Å². The highest BCUT2D eigenvalue weighted by atomic mass is 19.1.